The van der Waals surface area contributed by atoms with Crippen molar-refractivity contribution in [3.63, 3.8) is 0 Å². The Bertz CT molecular complexity index is 1270. The number of epoxide rings is 1. The third-order valence-corrected chi connectivity index (χ3v) is 9.35. The second kappa shape index (κ2) is 18.6. The monoisotopic (exact) mass is 707 g/mol. The average molecular weight is 708 g/mol. The Kier molecular flexibility index (Phi) is 14.9. The molecule has 0 aromatic rings. The topological polar surface area (TPSA) is 231 Å². The first kappa shape index (κ1) is 40.0. The average Bonchev–Trinajstić information content (AvgIpc) is 3.78. The first-order valence-corrected chi connectivity index (χ1v) is 17.4. The van der Waals surface area contributed by atoms with E-state index in [4.69, 9.17) is 29.4 Å². The van der Waals surface area contributed by atoms with Crippen LogP contribution < -0.4 is 5.73 Å². The number of esters is 1. The van der Waals surface area contributed by atoms with Crippen molar-refractivity contribution in [3.8, 4) is 0 Å². The van der Waals surface area contributed by atoms with Gasteiger partial charge in [0, 0.05) is 38.2 Å². The Morgan fingerprint density at radius 1 is 0.980 bits per heavy atom. The SMILES string of the molecule is CCCC[C@@H]1C/C=C/C=C/C=C/C=C/[C@H](O[C@@H]2O[C@H](C)[C@@H](O)[C@H](N)[C@@H]2O)CC2O[C@](O)(C[C@@H](O)C[C@H]3OC3/C=C/C(=O)O1)C[C@H](O)[C@H]2C(=O)O. The second-order valence-electron chi connectivity index (χ2n) is 13.5. The lowest BCUT2D eigenvalue weighted by Crippen LogP contribution is -2.61. The largest absolute Gasteiger partial charge is 0.481 e. The van der Waals surface area contributed by atoms with Gasteiger partial charge in [0.05, 0.1) is 48.8 Å². The summed E-state index contributed by atoms with van der Waals surface area (Å²) < 4.78 is 29.0. The van der Waals surface area contributed by atoms with E-state index in [1.165, 1.54) is 6.08 Å². The molecule has 0 radical (unpaired) electrons. The third kappa shape index (κ3) is 11.6. The molecule has 0 saturated carbocycles. The van der Waals surface area contributed by atoms with Gasteiger partial charge in [0.25, 0.3) is 0 Å². The number of aliphatic hydroxyl groups excluding tert-OH is 4. The molecule has 0 aromatic heterocycles. The van der Waals surface area contributed by atoms with Gasteiger partial charge >= 0.3 is 11.9 Å². The quantitative estimate of drug-likeness (QED) is 0.152. The van der Waals surface area contributed by atoms with Gasteiger partial charge < -0.3 is 60.1 Å². The number of hydrogen-bond donors (Lipinski definition) is 7. The van der Waals surface area contributed by atoms with Crippen molar-refractivity contribution in [3.05, 3.63) is 60.8 Å². The van der Waals surface area contributed by atoms with Crippen LogP contribution in [0.4, 0.5) is 0 Å². The lowest BCUT2D eigenvalue weighted by molar-refractivity contribution is -0.308. The zero-order valence-electron chi connectivity index (χ0n) is 28.6. The maximum Gasteiger partial charge on any atom is 0.330 e. The summed E-state index contributed by atoms with van der Waals surface area (Å²) in [6, 6.07) is -1.08. The van der Waals surface area contributed by atoms with E-state index in [0.29, 0.717) is 6.42 Å². The number of aliphatic carboxylic acids is 1. The Labute approximate surface area is 292 Å². The van der Waals surface area contributed by atoms with E-state index in [2.05, 4.69) is 6.92 Å². The van der Waals surface area contributed by atoms with Gasteiger partial charge in [-0.25, -0.2) is 4.79 Å². The molecule has 3 fully saturated rings. The van der Waals surface area contributed by atoms with E-state index in [1.807, 2.05) is 18.2 Å². The highest BCUT2D eigenvalue weighted by Gasteiger charge is 2.51. The fourth-order valence-electron chi connectivity index (χ4n) is 6.54. The van der Waals surface area contributed by atoms with Gasteiger partial charge in [-0.15, -0.1) is 0 Å². The van der Waals surface area contributed by atoms with Gasteiger partial charge in [-0.05, 0) is 19.4 Å². The highest BCUT2D eigenvalue weighted by atomic mass is 16.7. The van der Waals surface area contributed by atoms with Crippen molar-refractivity contribution < 1.29 is 63.9 Å². The van der Waals surface area contributed by atoms with Crippen molar-refractivity contribution in [2.24, 2.45) is 11.7 Å². The minimum absolute atomic E-state index is 0.0816. The van der Waals surface area contributed by atoms with Crippen LogP contribution in [0.2, 0.25) is 0 Å². The number of cyclic esters (lactones) is 1. The number of allylic oxidation sites excluding steroid dienone is 6. The van der Waals surface area contributed by atoms with Crippen LogP contribution in [-0.4, -0.2) is 122 Å². The summed E-state index contributed by atoms with van der Waals surface area (Å²) in [4.78, 5) is 24.8. The van der Waals surface area contributed by atoms with E-state index in [1.54, 1.807) is 43.4 Å². The van der Waals surface area contributed by atoms with Gasteiger partial charge in [0.2, 0.25) is 0 Å². The number of carbonyl (C=O) groups excluding carboxylic acids is 1. The molecule has 4 aliphatic heterocycles. The minimum Gasteiger partial charge on any atom is -0.481 e. The first-order valence-electron chi connectivity index (χ1n) is 17.4. The van der Waals surface area contributed by atoms with Crippen molar-refractivity contribution in [1.82, 2.24) is 0 Å². The zero-order valence-corrected chi connectivity index (χ0v) is 28.6. The highest BCUT2D eigenvalue weighted by Crippen LogP contribution is 2.39. The number of fused-ring (bicyclic) bond motifs is 3. The van der Waals surface area contributed by atoms with Gasteiger partial charge in [-0.1, -0.05) is 68.4 Å². The van der Waals surface area contributed by atoms with Gasteiger partial charge in [0.1, 0.15) is 24.2 Å². The highest BCUT2D eigenvalue weighted by molar-refractivity contribution is 5.82. The second-order valence-corrected chi connectivity index (χ2v) is 13.5. The van der Waals surface area contributed by atoms with E-state index in [0.717, 1.165) is 19.3 Å². The molecule has 280 valence electrons. The molecule has 0 aromatic carbocycles. The van der Waals surface area contributed by atoms with E-state index in [-0.39, 0.29) is 25.4 Å². The molecule has 14 nitrogen and oxygen atoms in total. The van der Waals surface area contributed by atoms with E-state index >= 15 is 0 Å². The fourth-order valence-corrected chi connectivity index (χ4v) is 6.54. The molecular formula is C36H53NO13. The number of nitrogens with two attached hydrogens (primary N) is 1. The van der Waals surface area contributed by atoms with Crippen LogP contribution in [-0.2, 0) is 33.3 Å². The Hall–Kier alpha value is -2.76. The molecule has 0 aliphatic carbocycles. The van der Waals surface area contributed by atoms with Crippen LogP contribution in [0.1, 0.15) is 65.2 Å². The molecule has 4 aliphatic rings. The number of aliphatic hydroxyl groups is 5. The summed E-state index contributed by atoms with van der Waals surface area (Å²) in [5.41, 5.74) is 6.00. The van der Waals surface area contributed by atoms with Crippen LogP contribution in [0.3, 0.4) is 0 Å². The summed E-state index contributed by atoms with van der Waals surface area (Å²) in [5.74, 6) is -5.41. The Morgan fingerprint density at radius 2 is 1.70 bits per heavy atom. The molecule has 2 unspecified atom stereocenters. The van der Waals surface area contributed by atoms with Crippen molar-refractivity contribution in [1.29, 1.82) is 0 Å². The van der Waals surface area contributed by atoms with Gasteiger partial charge in [-0.3, -0.25) is 4.79 Å². The number of hydrogen-bond acceptors (Lipinski definition) is 13. The standard InChI is InChI=1S/C36H53NO13/c1-3-4-12-23-13-10-8-6-5-7-9-11-14-24(48-35-33(42)31(37)32(41)21(2)46-35)18-28-30(34(43)44)25(39)20-36(45,50-28)19-22(38)17-27-26(49-27)15-16-29(40)47-23/h5-11,14-16,21-28,30-33,35,38-39,41-42,45H,3-4,12-13,17-20,37H2,1-2H3,(H,43,44)/b6-5+,9-7+,10-8+,14-11+,16-15+/t21-,22+,23-,24+,25+,26?,27-,28?,30-,31+,32-,33+,35+,36-/m1/s1. The van der Waals surface area contributed by atoms with Crippen LogP contribution in [0.15, 0.2) is 60.8 Å². The molecular weight excluding hydrogens is 654 g/mol. The predicted molar refractivity (Wildman–Crippen MR) is 179 cm³/mol. The molecule has 3 saturated heterocycles. The van der Waals surface area contributed by atoms with Crippen molar-refractivity contribution in [2.45, 2.75) is 144 Å². The summed E-state index contributed by atoms with van der Waals surface area (Å²) in [6.45, 7) is 3.64. The molecule has 50 heavy (non-hydrogen) atoms. The van der Waals surface area contributed by atoms with Crippen molar-refractivity contribution >= 4 is 11.9 Å². The smallest absolute Gasteiger partial charge is 0.330 e. The number of unbranched alkanes of at least 4 members (excludes halogenated alkanes) is 1. The normalized spacial score (nSPS) is 45.1. The van der Waals surface area contributed by atoms with Crippen LogP contribution >= 0.6 is 0 Å². The molecule has 0 spiro atoms. The summed E-state index contributed by atoms with van der Waals surface area (Å²) >= 11 is 0. The summed E-state index contributed by atoms with van der Waals surface area (Å²) in [6.07, 6.45) is 8.24. The van der Waals surface area contributed by atoms with Crippen molar-refractivity contribution in [2.75, 3.05) is 0 Å². The first-order chi connectivity index (χ1) is 23.8. The molecule has 4 heterocycles. The summed E-state index contributed by atoms with van der Waals surface area (Å²) in [5, 5.41) is 64.2. The van der Waals surface area contributed by atoms with Gasteiger partial charge in [-0.2, -0.15) is 0 Å². The number of carboxylic acid groups (broad SMARTS) is 1. The maximum atomic E-state index is 12.5. The molecule has 2 bridgehead atoms. The Morgan fingerprint density at radius 3 is 2.42 bits per heavy atom. The van der Waals surface area contributed by atoms with E-state index < -0.39 is 97.3 Å². The third-order valence-electron chi connectivity index (χ3n) is 9.35. The van der Waals surface area contributed by atoms with Crippen LogP contribution in [0.25, 0.3) is 0 Å². The minimum atomic E-state index is -2.10. The lowest BCUT2D eigenvalue weighted by Gasteiger charge is -2.45. The number of carbonyl (C=O) groups is 2. The summed E-state index contributed by atoms with van der Waals surface area (Å²) in [7, 11) is 0. The molecule has 4 rings (SSSR count). The fraction of sp³-hybridized carbons (Fsp3) is 0.667. The number of ether oxygens (including phenoxy) is 5. The van der Waals surface area contributed by atoms with E-state index in [9.17, 15) is 40.2 Å². The number of carboxylic acids is 1. The zero-order chi connectivity index (χ0) is 36.4. The molecule has 14 heteroatoms. The molecule has 14 atom stereocenters. The predicted octanol–water partition coefficient (Wildman–Crippen LogP) is 1.29. The Balaban J connectivity index is 1.58. The van der Waals surface area contributed by atoms with Crippen LogP contribution in [0.5, 0.6) is 0 Å². The lowest BCUT2D eigenvalue weighted by atomic mass is 9.83. The van der Waals surface area contributed by atoms with Crippen LogP contribution in [0, 0.1) is 5.92 Å². The van der Waals surface area contributed by atoms with Gasteiger partial charge in [0.15, 0.2) is 12.1 Å². The molecule has 8 N–H and O–H groups in total. The molecule has 0 amide bonds. The maximum absolute atomic E-state index is 12.5. The number of rotatable bonds is 6.